The molecule has 0 aliphatic heterocycles. The highest BCUT2D eigenvalue weighted by molar-refractivity contribution is 5.07. The molecule has 0 aromatic heterocycles. The van der Waals surface area contributed by atoms with Gasteiger partial charge in [-0.3, -0.25) is 4.74 Å². The number of unbranched alkanes of at least 4 members (excludes halogenated alkanes) is 2. The highest BCUT2D eigenvalue weighted by Crippen LogP contribution is 2.36. The second-order valence-electron chi connectivity index (χ2n) is 5.15. The van der Waals surface area contributed by atoms with Gasteiger partial charge in [-0.1, -0.05) is 26.7 Å². The van der Waals surface area contributed by atoms with Crippen molar-refractivity contribution in [3.63, 3.8) is 0 Å². The zero-order valence-corrected chi connectivity index (χ0v) is 16.8. The van der Waals surface area contributed by atoms with Gasteiger partial charge < -0.3 is 28.4 Å². The minimum Gasteiger partial charge on any atom is -0.493 e. The van der Waals surface area contributed by atoms with Crippen molar-refractivity contribution in [3.8, 4) is 0 Å². The van der Waals surface area contributed by atoms with Gasteiger partial charge in [-0.25, -0.2) is 0 Å². The van der Waals surface area contributed by atoms with Crippen LogP contribution >= 0.6 is 0 Å². The molecule has 0 amide bonds. The van der Waals surface area contributed by atoms with Gasteiger partial charge in [-0.05, 0) is 25.0 Å². The van der Waals surface area contributed by atoms with Crippen LogP contribution in [0.2, 0.25) is 0 Å². The van der Waals surface area contributed by atoms with Crippen LogP contribution in [0.1, 0.15) is 39.5 Å². The van der Waals surface area contributed by atoms with Crippen molar-refractivity contribution >= 4 is 0 Å². The van der Waals surface area contributed by atoms with Gasteiger partial charge in [-0.15, -0.1) is 0 Å². The Balaban J connectivity index is 6.02. The van der Waals surface area contributed by atoms with E-state index in [1.54, 1.807) is 0 Å². The third kappa shape index (κ3) is 5.97. The van der Waals surface area contributed by atoms with Crippen LogP contribution in [0, 0.1) is 0 Å². The molecule has 0 saturated carbocycles. The van der Waals surface area contributed by atoms with Crippen LogP contribution in [0.5, 0.6) is 0 Å². The van der Waals surface area contributed by atoms with Gasteiger partial charge >= 0.3 is 11.9 Å². The zero-order valence-electron chi connectivity index (χ0n) is 16.8. The first kappa shape index (κ1) is 23.9. The van der Waals surface area contributed by atoms with E-state index in [0.717, 1.165) is 25.7 Å². The van der Waals surface area contributed by atoms with E-state index in [0.29, 0.717) is 11.5 Å². The minimum atomic E-state index is -1.67. The quantitative estimate of drug-likeness (QED) is 0.346. The van der Waals surface area contributed by atoms with Crippen molar-refractivity contribution in [2.45, 2.75) is 51.5 Å². The molecule has 7 heteroatoms. The van der Waals surface area contributed by atoms with E-state index in [1.807, 2.05) is 12.2 Å². The molecular formula is C18H34O7. The molecule has 0 saturated heterocycles. The summed E-state index contributed by atoms with van der Waals surface area (Å²) in [5.74, 6) is -2.63. The first-order chi connectivity index (χ1) is 12.0. The summed E-state index contributed by atoms with van der Waals surface area (Å²) < 4.78 is 39.0. The molecule has 0 aliphatic rings. The molecule has 148 valence electrons. The van der Waals surface area contributed by atoms with Crippen LogP contribution in [0.4, 0.5) is 0 Å². The van der Waals surface area contributed by atoms with Crippen molar-refractivity contribution in [1.82, 2.24) is 0 Å². The molecule has 0 aromatic rings. The molecule has 0 unspecified atom stereocenters. The molecule has 0 bridgehead atoms. The summed E-state index contributed by atoms with van der Waals surface area (Å²) >= 11 is 0. The van der Waals surface area contributed by atoms with Crippen molar-refractivity contribution in [1.29, 1.82) is 0 Å². The maximum Gasteiger partial charge on any atom is 0.349 e. The van der Waals surface area contributed by atoms with Crippen LogP contribution in [0.3, 0.4) is 0 Å². The van der Waals surface area contributed by atoms with Gasteiger partial charge in [-0.2, -0.15) is 0 Å². The van der Waals surface area contributed by atoms with Crippen molar-refractivity contribution in [3.05, 3.63) is 23.7 Å². The Morgan fingerprint density at radius 1 is 0.640 bits per heavy atom. The fraction of sp³-hybridized carbons (Fsp3) is 0.778. The number of hydrogen-bond donors (Lipinski definition) is 0. The summed E-state index contributed by atoms with van der Waals surface area (Å²) in [7, 11) is 8.81. The monoisotopic (exact) mass is 362 g/mol. The van der Waals surface area contributed by atoms with Crippen LogP contribution < -0.4 is 0 Å². The zero-order chi connectivity index (χ0) is 19.3. The Hall–Kier alpha value is -1.12. The number of rotatable bonds is 14. The second kappa shape index (κ2) is 12.3. The van der Waals surface area contributed by atoms with Gasteiger partial charge in [0.25, 0.3) is 0 Å². The average Bonchev–Trinajstić information content (AvgIpc) is 2.66. The van der Waals surface area contributed by atoms with E-state index in [-0.39, 0.29) is 0 Å². The molecule has 0 radical (unpaired) electrons. The van der Waals surface area contributed by atoms with Gasteiger partial charge in [0.1, 0.15) is 0 Å². The number of methoxy groups -OCH3 is 6. The average molecular weight is 362 g/mol. The maximum absolute atomic E-state index is 6.05. The van der Waals surface area contributed by atoms with Crippen LogP contribution in [0.15, 0.2) is 23.7 Å². The lowest BCUT2D eigenvalue weighted by Crippen LogP contribution is -2.52. The Kier molecular flexibility index (Phi) is 11.7. The maximum atomic E-state index is 6.05. The van der Waals surface area contributed by atoms with Crippen molar-refractivity contribution in [2.75, 3.05) is 42.7 Å². The third-order valence-corrected chi connectivity index (χ3v) is 3.62. The largest absolute Gasteiger partial charge is 0.493 e. The second-order valence-corrected chi connectivity index (χ2v) is 5.15. The topological polar surface area (TPSA) is 64.6 Å². The van der Waals surface area contributed by atoms with E-state index in [9.17, 15) is 0 Å². The summed E-state index contributed by atoms with van der Waals surface area (Å²) in [5.41, 5.74) is 0. The number of allylic oxidation sites excluding steroid dienone is 2. The lowest BCUT2D eigenvalue weighted by molar-refractivity contribution is -0.474. The lowest BCUT2D eigenvalue weighted by atomic mass is 10.2. The normalized spacial score (nSPS) is 13.9. The molecule has 0 N–H and O–H groups in total. The van der Waals surface area contributed by atoms with Crippen molar-refractivity contribution in [2.24, 2.45) is 0 Å². The van der Waals surface area contributed by atoms with Gasteiger partial charge in [0.15, 0.2) is 11.5 Å². The van der Waals surface area contributed by atoms with E-state index >= 15 is 0 Å². The van der Waals surface area contributed by atoms with Crippen LogP contribution in [-0.2, 0) is 33.2 Å². The van der Waals surface area contributed by atoms with Crippen LogP contribution in [-0.4, -0.2) is 54.6 Å². The standard InChI is InChI=1S/C18H34O7/c1-9-11-13-15(19-3)17(21-5,22-6)25-18(23-7,24-8)16(20-4)14-12-10-2/h13-14H,9-12H2,1-8H3/b15-13-,16-14-. The molecule has 0 heterocycles. The molecular weight excluding hydrogens is 328 g/mol. The summed E-state index contributed by atoms with van der Waals surface area (Å²) in [6, 6.07) is 0. The van der Waals surface area contributed by atoms with Crippen LogP contribution in [0.25, 0.3) is 0 Å². The van der Waals surface area contributed by atoms with Gasteiger partial charge in [0.2, 0.25) is 0 Å². The number of hydrogen-bond acceptors (Lipinski definition) is 7. The van der Waals surface area contributed by atoms with E-state index in [1.165, 1.54) is 42.7 Å². The summed E-state index contributed by atoms with van der Waals surface area (Å²) in [4.78, 5) is 0. The minimum absolute atomic E-state index is 0.351. The van der Waals surface area contributed by atoms with Crippen molar-refractivity contribution < 1.29 is 33.2 Å². The predicted molar refractivity (Wildman–Crippen MR) is 94.6 cm³/mol. The smallest absolute Gasteiger partial charge is 0.349 e. The number of ether oxygens (including phenoxy) is 7. The summed E-state index contributed by atoms with van der Waals surface area (Å²) in [6.45, 7) is 4.11. The van der Waals surface area contributed by atoms with Gasteiger partial charge in [0.05, 0.1) is 14.2 Å². The predicted octanol–water partition coefficient (Wildman–Crippen LogP) is 3.56. The highest BCUT2D eigenvalue weighted by atomic mass is 17.0. The summed E-state index contributed by atoms with van der Waals surface area (Å²) in [5, 5.41) is 0. The Morgan fingerprint density at radius 3 is 1.16 bits per heavy atom. The highest BCUT2D eigenvalue weighted by Gasteiger charge is 2.51. The fourth-order valence-corrected chi connectivity index (χ4v) is 2.23. The van der Waals surface area contributed by atoms with E-state index in [2.05, 4.69) is 13.8 Å². The third-order valence-electron chi connectivity index (χ3n) is 3.62. The molecule has 0 aliphatic carbocycles. The Bertz CT molecular complexity index is 372. The molecule has 0 fully saturated rings. The van der Waals surface area contributed by atoms with E-state index in [4.69, 9.17) is 33.2 Å². The SMILES string of the molecule is CCC/C=C(\OC)C(OC)(OC)OC(OC)(OC)/C(=C/CCC)OC. The molecule has 0 aromatic carbocycles. The summed E-state index contributed by atoms with van der Waals surface area (Å²) in [6.07, 6.45) is 7.05. The Labute approximate surface area is 151 Å². The first-order valence-electron chi connectivity index (χ1n) is 8.39. The molecule has 0 atom stereocenters. The molecule has 7 nitrogen and oxygen atoms in total. The molecule has 0 spiro atoms. The fourth-order valence-electron chi connectivity index (χ4n) is 2.23. The first-order valence-corrected chi connectivity index (χ1v) is 8.39. The lowest BCUT2D eigenvalue weighted by Gasteiger charge is -2.40. The molecule has 0 rings (SSSR count). The van der Waals surface area contributed by atoms with Gasteiger partial charge in [0, 0.05) is 28.4 Å². The molecule has 25 heavy (non-hydrogen) atoms. The Morgan fingerprint density at radius 2 is 0.960 bits per heavy atom. The van der Waals surface area contributed by atoms with E-state index < -0.39 is 11.9 Å².